The maximum Gasteiger partial charge on any atom is 0.306 e. The highest BCUT2D eigenvalue weighted by atomic mass is 16.6. The van der Waals surface area contributed by atoms with Gasteiger partial charge in [-0.1, -0.05) is 13.3 Å². The number of ether oxygens (including phenoxy) is 2. The lowest BCUT2D eigenvalue weighted by Gasteiger charge is -2.57. The lowest BCUT2D eigenvalue weighted by atomic mass is 9.67. The molecule has 0 aromatic rings. The molecule has 3 nitrogen and oxygen atoms in total. The number of carbonyl (C=O) groups is 1. The average molecular weight is 254 g/mol. The van der Waals surface area contributed by atoms with Gasteiger partial charge in [-0.2, -0.15) is 0 Å². The van der Waals surface area contributed by atoms with Crippen LogP contribution in [0.2, 0.25) is 0 Å². The highest BCUT2D eigenvalue weighted by Gasteiger charge is 2.55. The molecule has 2 aliphatic heterocycles. The van der Waals surface area contributed by atoms with E-state index in [9.17, 15) is 4.79 Å². The molecule has 0 radical (unpaired) electrons. The van der Waals surface area contributed by atoms with Crippen LogP contribution >= 0.6 is 0 Å². The van der Waals surface area contributed by atoms with E-state index in [0.29, 0.717) is 12.3 Å². The predicted molar refractivity (Wildman–Crippen MR) is 70.3 cm³/mol. The Morgan fingerprint density at radius 1 is 1.39 bits per heavy atom. The zero-order chi connectivity index (χ0) is 13.4. The van der Waals surface area contributed by atoms with Crippen molar-refractivity contribution in [1.82, 2.24) is 0 Å². The third-order valence-corrected chi connectivity index (χ3v) is 4.66. The minimum Gasteiger partial charge on any atom is -0.459 e. The van der Waals surface area contributed by atoms with E-state index < -0.39 is 0 Å². The number of hydrogen-bond acceptors (Lipinski definition) is 3. The molecule has 0 spiro atoms. The second-order valence-corrected chi connectivity index (χ2v) is 6.57. The van der Waals surface area contributed by atoms with Crippen LogP contribution < -0.4 is 0 Å². The topological polar surface area (TPSA) is 35.5 Å². The van der Waals surface area contributed by atoms with Crippen molar-refractivity contribution in [3.63, 3.8) is 0 Å². The van der Waals surface area contributed by atoms with Gasteiger partial charge in [0.2, 0.25) is 0 Å². The van der Waals surface area contributed by atoms with E-state index in [-0.39, 0.29) is 23.3 Å². The molecule has 3 heteroatoms. The van der Waals surface area contributed by atoms with Gasteiger partial charge in [0.25, 0.3) is 0 Å². The van der Waals surface area contributed by atoms with Gasteiger partial charge in [-0.05, 0) is 52.4 Å². The summed E-state index contributed by atoms with van der Waals surface area (Å²) in [6.45, 7) is 8.50. The number of hydrogen-bond donors (Lipinski definition) is 0. The Labute approximate surface area is 110 Å². The molecule has 1 aliphatic carbocycles. The highest BCUT2D eigenvalue weighted by molar-refractivity contribution is 5.69. The van der Waals surface area contributed by atoms with Crippen molar-refractivity contribution in [3.8, 4) is 0 Å². The van der Waals surface area contributed by atoms with Gasteiger partial charge in [-0.3, -0.25) is 4.79 Å². The number of fused-ring (bicyclic) bond motifs is 3. The van der Waals surface area contributed by atoms with Gasteiger partial charge < -0.3 is 9.47 Å². The van der Waals surface area contributed by atoms with Crippen LogP contribution in [0.3, 0.4) is 0 Å². The molecule has 2 heterocycles. The Kier molecular flexibility index (Phi) is 3.72. The van der Waals surface area contributed by atoms with Crippen molar-refractivity contribution in [2.45, 2.75) is 83.5 Å². The van der Waals surface area contributed by atoms with Crippen molar-refractivity contribution in [1.29, 1.82) is 0 Å². The zero-order valence-electron chi connectivity index (χ0n) is 12.1. The zero-order valence-corrected chi connectivity index (χ0v) is 12.1. The fourth-order valence-corrected chi connectivity index (χ4v) is 3.39. The summed E-state index contributed by atoms with van der Waals surface area (Å²) in [5, 5.41) is 0. The first-order valence-electron chi connectivity index (χ1n) is 7.27. The van der Waals surface area contributed by atoms with E-state index in [1.807, 2.05) is 0 Å². The molecule has 18 heavy (non-hydrogen) atoms. The summed E-state index contributed by atoms with van der Waals surface area (Å²) in [4.78, 5) is 11.8. The standard InChI is InChI=1S/C15H26O3/c1-5-6-7-13(16)17-12-10-11-8-9-15(12,4)18-14(11,2)3/h11-12H,5-10H2,1-4H3. The van der Waals surface area contributed by atoms with Crippen LogP contribution in [0.1, 0.15) is 66.2 Å². The minimum atomic E-state index is -0.278. The summed E-state index contributed by atoms with van der Waals surface area (Å²) in [6.07, 6.45) is 5.59. The number of carbonyl (C=O) groups excluding carboxylic acids is 1. The Hall–Kier alpha value is -0.570. The Morgan fingerprint density at radius 3 is 2.67 bits per heavy atom. The molecular formula is C15H26O3. The molecule has 3 fully saturated rings. The summed E-state index contributed by atoms with van der Waals surface area (Å²) >= 11 is 0. The van der Waals surface area contributed by atoms with E-state index in [4.69, 9.17) is 9.47 Å². The van der Waals surface area contributed by atoms with Gasteiger partial charge in [-0.15, -0.1) is 0 Å². The molecule has 1 saturated carbocycles. The van der Waals surface area contributed by atoms with Gasteiger partial charge in [-0.25, -0.2) is 0 Å². The van der Waals surface area contributed by atoms with Crippen LogP contribution in [0.5, 0.6) is 0 Å². The highest BCUT2D eigenvalue weighted by Crippen LogP contribution is 2.50. The molecule has 3 rings (SSSR count). The molecule has 3 atom stereocenters. The van der Waals surface area contributed by atoms with E-state index in [0.717, 1.165) is 25.7 Å². The maximum absolute atomic E-state index is 11.8. The van der Waals surface area contributed by atoms with E-state index in [2.05, 4.69) is 27.7 Å². The normalized spacial score (nSPS) is 37.6. The second-order valence-electron chi connectivity index (χ2n) is 6.57. The van der Waals surface area contributed by atoms with Gasteiger partial charge >= 0.3 is 5.97 Å². The lowest BCUT2D eigenvalue weighted by Crippen LogP contribution is -2.62. The quantitative estimate of drug-likeness (QED) is 0.721. The first kappa shape index (κ1) is 13.9. The molecule has 0 aromatic heterocycles. The minimum absolute atomic E-state index is 0.0476. The maximum atomic E-state index is 11.8. The smallest absolute Gasteiger partial charge is 0.306 e. The molecule has 2 bridgehead atoms. The summed E-state index contributed by atoms with van der Waals surface area (Å²) in [7, 11) is 0. The second kappa shape index (κ2) is 4.84. The van der Waals surface area contributed by atoms with Crippen molar-refractivity contribution < 1.29 is 14.3 Å². The van der Waals surface area contributed by atoms with Crippen molar-refractivity contribution in [2.75, 3.05) is 0 Å². The monoisotopic (exact) mass is 254 g/mol. The summed E-state index contributed by atoms with van der Waals surface area (Å²) in [6, 6.07) is 0. The predicted octanol–water partition coefficient (Wildman–Crippen LogP) is 3.46. The SMILES string of the molecule is CCCCC(=O)OC1CC2CCC1(C)OC2(C)C. The third kappa shape index (κ3) is 2.56. The van der Waals surface area contributed by atoms with Gasteiger partial charge in [0.05, 0.1) is 5.60 Å². The number of unbranched alkanes of at least 4 members (excludes halogenated alkanes) is 1. The average Bonchev–Trinajstić information content (AvgIpc) is 2.27. The molecule has 0 amide bonds. The first-order chi connectivity index (χ1) is 8.37. The Morgan fingerprint density at radius 2 is 2.11 bits per heavy atom. The van der Waals surface area contributed by atoms with Crippen LogP contribution in [0.25, 0.3) is 0 Å². The van der Waals surface area contributed by atoms with Crippen molar-refractivity contribution >= 4 is 5.97 Å². The van der Waals surface area contributed by atoms with Gasteiger partial charge in [0, 0.05) is 6.42 Å². The molecule has 3 aliphatic rings. The van der Waals surface area contributed by atoms with Crippen LogP contribution in [0.15, 0.2) is 0 Å². The molecule has 0 N–H and O–H groups in total. The molecule has 104 valence electrons. The summed E-state index contributed by atoms with van der Waals surface area (Å²) in [5.74, 6) is 0.459. The molecule has 0 aromatic carbocycles. The van der Waals surface area contributed by atoms with Crippen LogP contribution in [0.4, 0.5) is 0 Å². The first-order valence-corrected chi connectivity index (χ1v) is 7.27. The van der Waals surface area contributed by atoms with Crippen molar-refractivity contribution in [3.05, 3.63) is 0 Å². The largest absolute Gasteiger partial charge is 0.459 e. The van der Waals surface area contributed by atoms with Crippen LogP contribution in [0, 0.1) is 5.92 Å². The lowest BCUT2D eigenvalue weighted by molar-refractivity contribution is -0.278. The molecule has 3 unspecified atom stereocenters. The number of esters is 1. The summed E-state index contributed by atoms with van der Waals surface area (Å²) < 4.78 is 11.9. The fraction of sp³-hybridized carbons (Fsp3) is 0.933. The Bertz CT molecular complexity index is 324. The summed E-state index contributed by atoms with van der Waals surface area (Å²) in [5.41, 5.74) is -0.348. The molecule has 2 saturated heterocycles. The van der Waals surface area contributed by atoms with Gasteiger partial charge in [0.15, 0.2) is 0 Å². The van der Waals surface area contributed by atoms with E-state index in [1.165, 1.54) is 6.42 Å². The fourth-order valence-electron chi connectivity index (χ4n) is 3.39. The van der Waals surface area contributed by atoms with Crippen LogP contribution in [-0.2, 0) is 14.3 Å². The van der Waals surface area contributed by atoms with Gasteiger partial charge in [0.1, 0.15) is 11.7 Å². The molecular weight excluding hydrogens is 228 g/mol. The van der Waals surface area contributed by atoms with E-state index >= 15 is 0 Å². The third-order valence-electron chi connectivity index (χ3n) is 4.66. The van der Waals surface area contributed by atoms with E-state index in [1.54, 1.807) is 0 Å². The number of rotatable bonds is 4. The van der Waals surface area contributed by atoms with Crippen LogP contribution in [-0.4, -0.2) is 23.3 Å². The van der Waals surface area contributed by atoms with Crippen molar-refractivity contribution in [2.24, 2.45) is 5.92 Å². The Balaban J connectivity index is 1.97.